The van der Waals surface area contributed by atoms with Gasteiger partial charge in [0, 0.05) is 11.3 Å². The van der Waals surface area contributed by atoms with Crippen molar-refractivity contribution in [2.45, 2.75) is 33.6 Å². The highest BCUT2D eigenvalue weighted by atomic mass is 14.7. The molecule has 0 fully saturated rings. The molecule has 1 heteroatoms. The van der Waals surface area contributed by atoms with Gasteiger partial charge in [-0.2, -0.15) is 0 Å². The van der Waals surface area contributed by atoms with Crippen molar-refractivity contribution < 1.29 is 0 Å². The maximum atomic E-state index is 4.63. The van der Waals surface area contributed by atoms with Crippen LogP contribution in [0.3, 0.4) is 0 Å². The van der Waals surface area contributed by atoms with Crippen LogP contribution in [-0.4, -0.2) is 4.98 Å². The average Bonchev–Trinajstić information content (AvgIpc) is 2.38. The summed E-state index contributed by atoms with van der Waals surface area (Å²) in [5.74, 6) is 0. The number of benzene rings is 1. The Balaban J connectivity index is 2.47. The van der Waals surface area contributed by atoms with E-state index in [2.05, 4.69) is 62.2 Å². The number of nitrogens with zero attached hydrogens (tertiary/aromatic N) is 1. The summed E-state index contributed by atoms with van der Waals surface area (Å²) >= 11 is 0. The topological polar surface area (TPSA) is 12.9 Å². The second-order valence-electron chi connectivity index (χ2n) is 4.41. The summed E-state index contributed by atoms with van der Waals surface area (Å²) in [6.07, 6.45) is 2.13. The zero-order valence-corrected chi connectivity index (χ0v) is 10.8. The van der Waals surface area contributed by atoms with Gasteiger partial charge in [-0.15, -0.1) is 0 Å². The van der Waals surface area contributed by atoms with Crippen molar-refractivity contribution in [3.63, 3.8) is 0 Å². The largest absolute Gasteiger partial charge is 0.253 e. The zero-order chi connectivity index (χ0) is 12.3. The lowest BCUT2D eigenvalue weighted by Gasteiger charge is -2.07. The molecule has 0 bridgehead atoms. The van der Waals surface area contributed by atoms with Crippen molar-refractivity contribution in [2.24, 2.45) is 0 Å². The van der Waals surface area contributed by atoms with Gasteiger partial charge in [0.05, 0.1) is 5.69 Å². The Kier molecular flexibility index (Phi) is 3.58. The molecular formula is C16H19N. The fourth-order valence-corrected chi connectivity index (χ4v) is 2.04. The van der Waals surface area contributed by atoms with E-state index in [0.29, 0.717) is 0 Å². The SMILES string of the molecule is CCc1cccc(-c2cc(CC)cc(C)n2)c1. The summed E-state index contributed by atoms with van der Waals surface area (Å²) in [6, 6.07) is 13.0. The van der Waals surface area contributed by atoms with Gasteiger partial charge in [-0.1, -0.05) is 32.0 Å². The Labute approximate surface area is 104 Å². The lowest BCUT2D eigenvalue weighted by atomic mass is 10.0. The fourth-order valence-electron chi connectivity index (χ4n) is 2.04. The van der Waals surface area contributed by atoms with Crippen LogP contribution in [0.4, 0.5) is 0 Å². The molecule has 0 unspecified atom stereocenters. The Morgan fingerprint density at radius 2 is 1.71 bits per heavy atom. The molecule has 0 amide bonds. The fraction of sp³-hybridized carbons (Fsp3) is 0.312. The number of pyridine rings is 1. The van der Waals surface area contributed by atoms with Gasteiger partial charge in [-0.25, -0.2) is 0 Å². The van der Waals surface area contributed by atoms with Crippen molar-refractivity contribution in [3.05, 3.63) is 53.2 Å². The molecule has 0 spiro atoms. The number of aromatic nitrogens is 1. The van der Waals surface area contributed by atoms with E-state index >= 15 is 0 Å². The van der Waals surface area contributed by atoms with E-state index in [9.17, 15) is 0 Å². The molecule has 0 N–H and O–H groups in total. The standard InChI is InChI=1S/C16H19N/c1-4-13-7-6-8-15(10-13)16-11-14(5-2)9-12(3)17-16/h6-11H,4-5H2,1-3H3. The Hall–Kier alpha value is -1.63. The summed E-state index contributed by atoms with van der Waals surface area (Å²) in [6.45, 7) is 6.42. The molecule has 0 saturated carbocycles. The molecule has 0 aliphatic rings. The number of aryl methyl sites for hydroxylation is 3. The minimum absolute atomic E-state index is 1.06. The van der Waals surface area contributed by atoms with Crippen LogP contribution in [-0.2, 0) is 12.8 Å². The number of hydrogen-bond acceptors (Lipinski definition) is 1. The maximum Gasteiger partial charge on any atom is 0.0707 e. The first kappa shape index (κ1) is 11.8. The van der Waals surface area contributed by atoms with Crippen LogP contribution in [0.15, 0.2) is 36.4 Å². The first-order valence-corrected chi connectivity index (χ1v) is 6.29. The maximum absolute atomic E-state index is 4.63. The van der Waals surface area contributed by atoms with E-state index in [-0.39, 0.29) is 0 Å². The summed E-state index contributed by atoms with van der Waals surface area (Å²) < 4.78 is 0. The molecule has 1 nitrogen and oxygen atoms in total. The van der Waals surface area contributed by atoms with E-state index in [0.717, 1.165) is 24.2 Å². The van der Waals surface area contributed by atoms with Crippen molar-refractivity contribution in [1.29, 1.82) is 0 Å². The second kappa shape index (κ2) is 5.13. The van der Waals surface area contributed by atoms with E-state index in [1.54, 1.807) is 0 Å². The molecule has 2 aromatic rings. The molecule has 0 saturated heterocycles. The highest BCUT2D eigenvalue weighted by Crippen LogP contribution is 2.21. The first-order valence-electron chi connectivity index (χ1n) is 6.29. The molecule has 2 rings (SSSR count). The summed E-state index contributed by atoms with van der Waals surface area (Å²) in [5, 5.41) is 0. The van der Waals surface area contributed by atoms with Gasteiger partial charge < -0.3 is 0 Å². The van der Waals surface area contributed by atoms with Crippen molar-refractivity contribution in [2.75, 3.05) is 0 Å². The third kappa shape index (κ3) is 2.73. The van der Waals surface area contributed by atoms with Crippen LogP contribution in [0.5, 0.6) is 0 Å². The highest BCUT2D eigenvalue weighted by molar-refractivity contribution is 5.61. The molecule has 17 heavy (non-hydrogen) atoms. The normalized spacial score (nSPS) is 10.5. The van der Waals surface area contributed by atoms with Crippen LogP contribution in [0.1, 0.15) is 30.7 Å². The third-order valence-electron chi connectivity index (χ3n) is 3.05. The smallest absolute Gasteiger partial charge is 0.0707 e. The zero-order valence-electron chi connectivity index (χ0n) is 10.8. The second-order valence-corrected chi connectivity index (χ2v) is 4.41. The van der Waals surface area contributed by atoms with Crippen LogP contribution in [0.2, 0.25) is 0 Å². The van der Waals surface area contributed by atoms with Gasteiger partial charge >= 0.3 is 0 Å². The van der Waals surface area contributed by atoms with Crippen molar-refractivity contribution >= 4 is 0 Å². The minimum atomic E-state index is 1.06. The highest BCUT2D eigenvalue weighted by Gasteiger charge is 2.03. The van der Waals surface area contributed by atoms with Gasteiger partial charge in [-0.3, -0.25) is 4.98 Å². The Morgan fingerprint density at radius 1 is 0.941 bits per heavy atom. The van der Waals surface area contributed by atoms with E-state index in [1.807, 2.05) is 0 Å². The molecular weight excluding hydrogens is 206 g/mol. The van der Waals surface area contributed by atoms with Gasteiger partial charge in [0.2, 0.25) is 0 Å². The molecule has 88 valence electrons. The molecule has 1 heterocycles. The molecule has 1 aromatic carbocycles. The molecule has 0 aliphatic heterocycles. The van der Waals surface area contributed by atoms with Crippen molar-refractivity contribution in [3.8, 4) is 11.3 Å². The van der Waals surface area contributed by atoms with Gasteiger partial charge in [0.25, 0.3) is 0 Å². The van der Waals surface area contributed by atoms with E-state index in [1.165, 1.54) is 16.7 Å². The van der Waals surface area contributed by atoms with Crippen LogP contribution in [0.25, 0.3) is 11.3 Å². The Morgan fingerprint density at radius 3 is 2.41 bits per heavy atom. The lowest BCUT2D eigenvalue weighted by Crippen LogP contribution is -1.92. The monoisotopic (exact) mass is 225 g/mol. The quantitative estimate of drug-likeness (QED) is 0.763. The van der Waals surface area contributed by atoms with Crippen LogP contribution < -0.4 is 0 Å². The Bertz CT molecular complexity index is 515. The van der Waals surface area contributed by atoms with Gasteiger partial charge in [-0.05, 0) is 49.1 Å². The summed E-state index contributed by atoms with van der Waals surface area (Å²) in [5.41, 5.74) is 6.14. The minimum Gasteiger partial charge on any atom is -0.253 e. The predicted octanol–water partition coefficient (Wildman–Crippen LogP) is 4.18. The van der Waals surface area contributed by atoms with E-state index < -0.39 is 0 Å². The number of rotatable bonds is 3. The van der Waals surface area contributed by atoms with Gasteiger partial charge in [0.1, 0.15) is 0 Å². The summed E-state index contributed by atoms with van der Waals surface area (Å²) in [7, 11) is 0. The molecule has 0 radical (unpaired) electrons. The summed E-state index contributed by atoms with van der Waals surface area (Å²) in [4.78, 5) is 4.63. The van der Waals surface area contributed by atoms with Crippen LogP contribution in [0, 0.1) is 6.92 Å². The molecule has 0 atom stereocenters. The lowest BCUT2D eigenvalue weighted by molar-refractivity contribution is 1.09. The first-order chi connectivity index (χ1) is 8.22. The number of hydrogen-bond donors (Lipinski definition) is 0. The van der Waals surface area contributed by atoms with E-state index in [4.69, 9.17) is 0 Å². The predicted molar refractivity (Wildman–Crippen MR) is 73.2 cm³/mol. The molecule has 0 aliphatic carbocycles. The third-order valence-corrected chi connectivity index (χ3v) is 3.05. The van der Waals surface area contributed by atoms with Crippen molar-refractivity contribution in [1.82, 2.24) is 4.98 Å². The van der Waals surface area contributed by atoms with Gasteiger partial charge in [0.15, 0.2) is 0 Å². The average molecular weight is 225 g/mol. The molecule has 1 aromatic heterocycles. The van der Waals surface area contributed by atoms with Crippen LogP contribution >= 0.6 is 0 Å².